The molecule has 0 amide bonds. The third-order valence-corrected chi connectivity index (χ3v) is 5.67. The molecule has 8 heteroatoms. The second kappa shape index (κ2) is 7.11. The fourth-order valence-corrected chi connectivity index (χ4v) is 4.14. The molecule has 0 aliphatic carbocycles. The van der Waals surface area contributed by atoms with Crippen LogP contribution in [0.25, 0.3) is 10.9 Å². The summed E-state index contributed by atoms with van der Waals surface area (Å²) in [4.78, 5) is 2.75. The zero-order chi connectivity index (χ0) is 17.5. The van der Waals surface area contributed by atoms with E-state index in [4.69, 9.17) is 5.73 Å². The average molecular weight is 387 g/mol. The van der Waals surface area contributed by atoms with Crippen molar-refractivity contribution in [3.63, 3.8) is 0 Å². The molecule has 0 bridgehead atoms. The Balaban J connectivity index is 0.00000225. The van der Waals surface area contributed by atoms with Crippen LogP contribution < -0.4 is 5.73 Å². The van der Waals surface area contributed by atoms with Crippen LogP contribution in [-0.2, 0) is 16.3 Å². The molecule has 3 N–H and O–H groups in total. The highest BCUT2D eigenvalue weighted by molar-refractivity contribution is 7.91. The van der Waals surface area contributed by atoms with E-state index in [0.717, 1.165) is 34.3 Å². The monoisotopic (exact) mass is 386 g/mol. The van der Waals surface area contributed by atoms with Crippen molar-refractivity contribution in [1.82, 2.24) is 4.98 Å². The minimum atomic E-state index is -4.02. The number of halogens is 3. The number of aromatic amines is 1. The van der Waals surface area contributed by atoms with Gasteiger partial charge in [-0.2, -0.15) is 0 Å². The van der Waals surface area contributed by atoms with Gasteiger partial charge in [0.05, 0.1) is 9.79 Å². The molecule has 4 nitrogen and oxygen atoms in total. The third kappa shape index (κ3) is 3.53. The van der Waals surface area contributed by atoms with E-state index in [1.165, 1.54) is 12.1 Å². The number of hydrogen-bond donors (Lipinski definition) is 2. The molecule has 0 unspecified atom stereocenters. The molecule has 0 aliphatic heterocycles. The van der Waals surface area contributed by atoms with Gasteiger partial charge in [0.15, 0.2) is 0 Å². The first kappa shape index (κ1) is 19.4. The molecule has 0 radical (unpaired) electrons. The molecule has 0 saturated carbocycles. The van der Waals surface area contributed by atoms with Crippen LogP contribution in [0.1, 0.15) is 11.3 Å². The van der Waals surface area contributed by atoms with Crippen LogP contribution in [0, 0.1) is 18.6 Å². The smallest absolute Gasteiger partial charge is 0.206 e. The SMILES string of the molecule is Cc1[nH]c2ccc(S(=O)(=O)c3cc(F)cc(F)c3)cc2c1CCN.Cl. The molecule has 2 aromatic carbocycles. The van der Waals surface area contributed by atoms with Crippen molar-refractivity contribution in [2.45, 2.75) is 23.1 Å². The molecule has 0 atom stereocenters. The molecule has 0 saturated heterocycles. The Morgan fingerprint density at radius 3 is 2.28 bits per heavy atom. The Bertz CT molecular complexity index is 1010. The Morgan fingerprint density at radius 1 is 1.04 bits per heavy atom. The van der Waals surface area contributed by atoms with E-state index < -0.39 is 26.4 Å². The lowest BCUT2D eigenvalue weighted by molar-refractivity contribution is 0.567. The molecular formula is C17H17ClF2N2O2S. The maximum atomic E-state index is 13.4. The van der Waals surface area contributed by atoms with E-state index in [2.05, 4.69) is 4.98 Å². The topological polar surface area (TPSA) is 76.0 Å². The largest absolute Gasteiger partial charge is 0.358 e. The van der Waals surface area contributed by atoms with Gasteiger partial charge in [0.2, 0.25) is 9.84 Å². The van der Waals surface area contributed by atoms with Crippen LogP contribution in [0.2, 0.25) is 0 Å². The van der Waals surface area contributed by atoms with Crippen LogP contribution in [0.15, 0.2) is 46.2 Å². The number of nitrogens with two attached hydrogens (primary N) is 1. The summed E-state index contributed by atoms with van der Waals surface area (Å²) < 4.78 is 52.1. The molecule has 0 fully saturated rings. The van der Waals surface area contributed by atoms with Crippen molar-refractivity contribution in [2.75, 3.05) is 6.54 Å². The lowest BCUT2D eigenvalue weighted by Gasteiger charge is -2.06. The standard InChI is InChI=1S/C17H16F2N2O2S.ClH/c1-10-15(4-5-20)16-9-13(2-3-17(16)21-10)24(22,23)14-7-11(18)6-12(19)8-14;/h2-3,6-9,21H,4-5,20H2,1H3;1H. The first-order valence-corrected chi connectivity index (χ1v) is 8.83. The molecule has 1 aromatic heterocycles. The first-order chi connectivity index (χ1) is 11.3. The fraction of sp³-hybridized carbons (Fsp3) is 0.176. The second-order valence-electron chi connectivity index (χ2n) is 5.58. The fourth-order valence-electron chi connectivity index (χ4n) is 2.81. The van der Waals surface area contributed by atoms with Crippen molar-refractivity contribution < 1.29 is 17.2 Å². The Kier molecular flexibility index (Phi) is 5.51. The van der Waals surface area contributed by atoms with Gasteiger partial charge in [-0.1, -0.05) is 0 Å². The van der Waals surface area contributed by atoms with E-state index in [-0.39, 0.29) is 17.3 Å². The summed E-state index contributed by atoms with van der Waals surface area (Å²) in [5, 5.41) is 0.746. The van der Waals surface area contributed by atoms with Gasteiger partial charge < -0.3 is 10.7 Å². The summed E-state index contributed by atoms with van der Waals surface area (Å²) in [5.74, 6) is -1.87. The number of nitrogens with one attached hydrogen (secondary N) is 1. The molecule has 0 spiro atoms. The molecule has 25 heavy (non-hydrogen) atoms. The molecule has 0 aliphatic rings. The van der Waals surface area contributed by atoms with Gasteiger partial charge >= 0.3 is 0 Å². The lowest BCUT2D eigenvalue weighted by Crippen LogP contribution is -2.04. The Hall–Kier alpha value is -1.96. The Morgan fingerprint density at radius 2 is 1.68 bits per heavy atom. The van der Waals surface area contributed by atoms with Gasteiger partial charge in [-0.3, -0.25) is 0 Å². The van der Waals surface area contributed by atoms with Gasteiger partial charge in [-0.25, -0.2) is 17.2 Å². The first-order valence-electron chi connectivity index (χ1n) is 7.35. The van der Waals surface area contributed by atoms with Gasteiger partial charge in [-0.05, 0) is 55.8 Å². The highest BCUT2D eigenvalue weighted by atomic mass is 35.5. The van der Waals surface area contributed by atoms with Crippen LogP contribution >= 0.6 is 12.4 Å². The predicted octanol–water partition coefficient (Wildman–Crippen LogP) is 3.51. The zero-order valence-corrected chi connectivity index (χ0v) is 15.0. The maximum absolute atomic E-state index is 13.4. The van der Waals surface area contributed by atoms with E-state index in [1.54, 1.807) is 6.07 Å². The van der Waals surface area contributed by atoms with E-state index >= 15 is 0 Å². The van der Waals surface area contributed by atoms with Crippen LogP contribution in [0.5, 0.6) is 0 Å². The van der Waals surface area contributed by atoms with Gasteiger partial charge in [0, 0.05) is 22.7 Å². The van der Waals surface area contributed by atoms with Gasteiger partial charge in [0.25, 0.3) is 0 Å². The summed E-state index contributed by atoms with van der Waals surface area (Å²) in [6, 6.07) is 6.84. The number of benzene rings is 2. The average Bonchev–Trinajstić information content (AvgIpc) is 2.82. The third-order valence-electron chi connectivity index (χ3n) is 3.94. The summed E-state index contributed by atoms with van der Waals surface area (Å²) in [7, 11) is -4.02. The number of H-pyrrole nitrogens is 1. The van der Waals surface area contributed by atoms with Gasteiger partial charge in [0.1, 0.15) is 11.6 Å². The van der Waals surface area contributed by atoms with E-state index in [1.807, 2.05) is 6.92 Å². The van der Waals surface area contributed by atoms with Crippen LogP contribution in [0.3, 0.4) is 0 Å². The molecule has 3 rings (SSSR count). The lowest BCUT2D eigenvalue weighted by atomic mass is 10.1. The molecule has 3 aromatic rings. The summed E-state index contributed by atoms with van der Waals surface area (Å²) in [6.45, 7) is 2.32. The summed E-state index contributed by atoms with van der Waals surface area (Å²) >= 11 is 0. The highest BCUT2D eigenvalue weighted by Crippen LogP contribution is 2.29. The second-order valence-corrected chi connectivity index (χ2v) is 7.53. The van der Waals surface area contributed by atoms with E-state index in [9.17, 15) is 17.2 Å². The Labute approximate surface area is 150 Å². The minimum Gasteiger partial charge on any atom is -0.358 e. The molecule has 134 valence electrons. The zero-order valence-electron chi connectivity index (χ0n) is 13.3. The van der Waals surface area contributed by atoms with Crippen molar-refractivity contribution >= 4 is 33.1 Å². The number of rotatable bonds is 4. The number of aryl methyl sites for hydroxylation is 1. The quantitative estimate of drug-likeness (QED) is 0.720. The van der Waals surface area contributed by atoms with Crippen molar-refractivity contribution in [2.24, 2.45) is 5.73 Å². The molecule has 1 heterocycles. The molecular weight excluding hydrogens is 370 g/mol. The number of aromatic nitrogens is 1. The number of hydrogen-bond acceptors (Lipinski definition) is 3. The number of fused-ring (bicyclic) bond motifs is 1. The summed E-state index contributed by atoms with van der Waals surface area (Å²) in [6.07, 6.45) is 0.601. The van der Waals surface area contributed by atoms with Crippen molar-refractivity contribution in [1.29, 1.82) is 0 Å². The van der Waals surface area contributed by atoms with Crippen molar-refractivity contribution in [3.8, 4) is 0 Å². The highest BCUT2D eigenvalue weighted by Gasteiger charge is 2.21. The summed E-state index contributed by atoms with van der Waals surface area (Å²) in [5.41, 5.74) is 8.26. The van der Waals surface area contributed by atoms with Crippen molar-refractivity contribution in [3.05, 3.63) is 59.3 Å². The van der Waals surface area contributed by atoms with E-state index in [0.29, 0.717) is 19.0 Å². The van der Waals surface area contributed by atoms with Gasteiger partial charge in [-0.15, -0.1) is 12.4 Å². The van der Waals surface area contributed by atoms with Crippen LogP contribution in [0.4, 0.5) is 8.78 Å². The predicted molar refractivity (Wildman–Crippen MR) is 94.9 cm³/mol. The maximum Gasteiger partial charge on any atom is 0.206 e. The van der Waals surface area contributed by atoms with Crippen LogP contribution in [-0.4, -0.2) is 19.9 Å². The normalized spacial score (nSPS) is 11.5. The minimum absolute atomic E-state index is 0. The number of sulfone groups is 1.